The van der Waals surface area contributed by atoms with Gasteiger partial charge in [0.05, 0.1) is 0 Å². The molecule has 0 radical (unpaired) electrons. The van der Waals surface area contributed by atoms with Gasteiger partial charge in [-0.05, 0) is 44.1 Å². The van der Waals surface area contributed by atoms with Crippen LogP contribution in [0, 0.1) is 11.8 Å². The van der Waals surface area contributed by atoms with Gasteiger partial charge in [0, 0.05) is 21.3 Å². The highest BCUT2D eigenvalue weighted by Crippen LogP contribution is 2.32. The van der Waals surface area contributed by atoms with Gasteiger partial charge in [0.15, 0.2) is 0 Å². The standard InChI is InChI=1S/C12H25NOS/c1-9-6-10(2)8-12(7-9)15(14)11(3)4-5-13/h9-12H,4-8,13H2,1-3H3. The zero-order valence-corrected chi connectivity index (χ0v) is 11.1. The Bertz CT molecular complexity index is 210. The number of rotatable bonds is 4. The maximum absolute atomic E-state index is 12.2. The SMILES string of the molecule is CC1CC(C)CC(S(=O)C(C)CCN)C1. The highest BCUT2D eigenvalue weighted by Gasteiger charge is 2.29. The van der Waals surface area contributed by atoms with E-state index in [2.05, 4.69) is 20.8 Å². The summed E-state index contributed by atoms with van der Waals surface area (Å²) >= 11 is 0. The Morgan fingerprint density at radius 2 is 1.80 bits per heavy atom. The van der Waals surface area contributed by atoms with Gasteiger partial charge in [-0.25, -0.2) is 0 Å². The van der Waals surface area contributed by atoms with E-state index < -0.39 is 10.8 Å². The van der Waals surface area contributed by atoms with Crippen LogP contribution in [0.4, 0.5) is 0 Å². The molecule has 0 aliphatic heterocycles. The first-order valence-corrected chi connectivity index (χ1v) is 7.41. The number of hydrogen-bond acceptors (Lipinski definition) is 2. The predicted molar refractivity (Wildman–Crippen MR) is 67.2 cm³/mol. The molecule has 0 aromatic heterocycles. The van der Waals surface area contributed by atoms with Crippen molar-refractivity contribution < 1.29 is 4.21 Å². The van der Waals surface area contributed by atoms with Gasteiger partial charge in [0.1, 0.15) is 0 Å². The summed E-state index contributed by atoms with van der Waals surface area (Å²) in [4.78, 5) is 0. The average Bonchev–Trinajstić information content (AvgIpc) is 2.15. The lowest BCUT2D eigenvalue weighted by atomic mass is 9.83. The molecule has 0 aromatic carbocycles. The Kier molecular flexibility index (Phi) is 5.27. The van der Waals surface area contributed by atoms with Gasteiger partial charge in [-0.2, -0.15) is 0 Å². The molecule has 1 aliphatic carbocycles. The summed E-state index contributed by atoms with van der Waals surface area (Å²) in [6, 6.07) is 0. The Balaban J connectivity index is 2.51. The summed E-state index contributed by atoms with van der Waals surface area (Å²) in [5.74, 6) is 1.49. The quantitative estimate of drug-likeness (QED) is 0.807. The zero-order valence-electron chi connectivity index (χ0n) is 10.2. The first-order valence-electron chi connectivity index (χ1n) is 6.14. The van der Waals surface area contributed by atoms with E-state index in [4.69, 9.17) is 5.73 Å². The van der Waals surface area contributed by atoms with Crippen molar-refractivity contribution >= 4 is 10.8 Å². The van der Waals surface area contributed by atoms with Crippen LogP contribution in [0.15, 0.2) is 0 Å². The second-order valence-corrected chi connectivity index (χ2v) is 7.38. The van der Waals surface area contributed by atoms with Gasteiger partial charge in [0.2, 0.25) is 0 Å². The second kappa shape index (κ2) is 6.00. The van der Waals surface area contributed by atoms with Crippen molar-refractivity contribution in [1.82, 2.24) is 0 Å². The third kappa shape index (κ3) is 3.87. The van der Waals surface area contributed by atoms with Crippen LogP contribution in [-0.4, -0.2) is 21.3 Å². The molecule has 0 heterocycles. The fraction of sp³-hybridized carbons (Fsp3) is 1.00. The molecule has 90 valence electrons. The maximum atomic E-state index is 12.2. The molecule has 1 aliphatic rings. The molecule has 0 spiro atoms. The number of hydrogen-bond donors (Lipinski definition) is 1. The molecule has 0 aromatic rings. The highest BCUT2D eigenvalue weighted by molar-refractivity contribution is 7.86. The fourth-order valence-electron chi connectivity index (χ4n) is 2.74. The van der Waals surface area contributed by atoms with Crippen LogP contribution >= 0.6 is 0 Å². The maximum Gasteiger partial charge on any atom is 0.0355 e. The van der Waals surface area contributed by atoms with Crippen molar-refractivity contribution in [1.29, 1.82) is 0 Å². The Labute approximate surface area is 96.5 Å². The van der Waals surface area contributed by atoms with Crippen LogP contribution in [0.1, 0.15) is 46.5 Å². The molecule has 2 nitrogen and oxygen atoms in total. The molecule has 1 saturated carbocycles. The largest absolute Gasteiger partial charge is 0.330 e. The number of nitrogens with two attached hydrogens (primary N) is 1. The molecular weight excluding hydrogens is 206 g/mol. The summed E-state index contributed by atoms with van der Waals surface area (Å²) in [5, 5.41) is 0.697. The normalized spacial score (nSPS) is 36.1. The highest BCUT2D eigenvalue weighted by atomic mass is 32.2. The van der Waals surface area contributed by atoms with Crippen LogP contribution in [0.3, 0.4) is 0 Å². The van der Waals surface area contributed by atoms with Crippen molar-refractivity contribution in [2.24, 2.45) is 17.6 Å². The van der Waals surface area contributed by atoms with Crippen LogP contribution in [0.5, 0.6) is 0 Å². The third-order valence-electron chi connectivity index (χ3n) is 3.43. The lowest BCUT2D eigenvalue weighted by Crippen LogP contribution is -2.32. The summed E-state index contributed by atoms with van der Waals surface area (Å²) in [6.07, 6.45) is 4.49. The summed E-state index contributed by atoms with van der Waals surface area (Å²) in [6.45, 7) is 7.30. The Morgan fingerprint density at radius 3 is 2.27 bits per heavy atom. The van der Waals surface area contributed by atoms with E-state index >= 15 is 0 Å². The fourth-order valence-corrected chi connectivity index (χ4v) is 4.80. The monoisotopic (exact) mass is 231 g/mol. The van der Waals surface area contributed by atoms with Gasteiger partial charge in [-0.15, -0.1) is 0 Å². The van der Waals surface area contributed by atoms with E-state index in [0.29, 0.717) is 11.8 Å². The molecule has 0 saturated heterocycles. The molecule has 2 N–H and O–H groups in total. The van der Waals surface area contributed by atoms with E-state index in [1.54, 1.807) is 0 Å². The van der Waals surface area contributed by atoms with Crippen LogP contribution in [-0.2, 0) is 10.8 Å². The smallest absolute Gasteiger partial charge is 0.0355 e. The van der Waals surface area contributed by atoms with Gasteiger partial charge in [-0.1, -0.05) is 20.8 Å². The zero-order chi connectivity index (χ0) is 11.4. The first kappa shape index (κ1) is 13.2. The third-order valence-corrected chi connectivity index (χ3v) is 5.50. The lowest BCUT2D eigenvalue weighted by Gasteiger charge is -2.32. The lowest BCUT2D eigenvalue weighted by molar-refractivity contribution is 0.305. The first-order chi connectivity index (χ1) is 7.04. The molecule has 1 fully saturated rings. The van der Waals surface area contributed by atoms with Gasteiger partial charge >= 0.3 is 0 Å². The molecule has 1 rings (SSSR count). The van der Waals surface area contributed by atoms with Gasteiger partial charge in [-0.3, -0.25) is 4.21 Å². The van der Waals surface area contributed by atoms with E-state index in [9.17, 15) is 4.21 Å². The van der Waals surface area contributed by atoms with E-state index in [1.165, 1.54) is 6.42 Å². The predicted octanol–water partition coefficient (Wildman–Crippen LogP) is 2.30. The van der Waals surface area contributed by atoms with Crippen LogP contribution in [0.25, 0.3) is 0 Å². The van der Waals surface area contributed by atoms with E-state index in [-0.39, 0.29) is 5.25 Å². The Morgan fingerprint density at radius 1 is 1.27 bits per heavy atom. The van der Waals surface area contributed by atoms with Gasteiger partial charge < -0.3 is 5.73 Å². The van der Waals surface area contributed by atoms with E-state index in [1.807, 2.05) is 0 Å². The summed E-state index contributed by atoms with van der Waals surface area (Å²) < 4.78 is 12.2. The van der Waals surface area contributed by atoms with E-state index in [0.717, 1.165) is 31.1 Å². The topological polar surface area (TPSA) is 43.1 Å². The van der Waals surface area contributed by atoms with Crippen molar-refractivity contribution in [2.75, 3.05) is 6.54 Å². The molecule has 15 heavy (non-hydrogen) atoms. The van der Waals surface area contributed by atoms with Crippen molar-refractivity contribution in [2.45, 2.75) is 57.0 Å². The molecule has 0 amide bonds. The molecular formula is C12H25NOS. The van der Waals surface area contributed by atoms with Gasteiger partial charge in [0.25, 0.3) is 0 Å². The average molecular weight is 231 g/mol. The molecule has 4 unspecified atom stereocenters. The second-order valence-electron chi connectivity index (χ2n) is 5.26. The minimum absolute atomic E-state index is 0.275. The molecule has 4 atom stereocenters. The molecule has 3 heteroatoms. The van der Waals surface area contributed by atoms with Crippen molar-refractivity contribution in [3.05, 3.63) is 0 Å². The van der Waals surface area contributed by atoms with Crippen LogP contribution in [0.2, 0.25) is 0 Å². The minimum Gasteiger partial charge on any atom is -0.330 e. The van der Waals surface area contributed by atoms with Crippen LogP contribution < -0.4 is 5.73 Å². The minimum atomic E-state index is -0.672. The summed E-state index contributed by atoms with van der Waals surface area (Å²) in [5.41, 5.74) is 5.52. The van der Waals surface area contributed by atoms with Crippen molar-refractivity contribution in [3.8, 4) is 0 Å². The molecule has 0 bridgehead atoms. The summed E-state index contributed by atoms with van der Waals surface area (Å²) in [7, 11) is -0.672. The van der Waals surface area contributed by atoms with Crippen molar-refractivity contribution in [3.63, 3.8) is 0 Å². The Hall–Kier alpha value is 0.110.